The van der Waals surface area contributed by atoms with Crippen LogP contribution in [0.5, 0.6) is 11.5 Å². The molecule has 6 nitrogen and oxygen atoms in total. The molecule has 0 radical (unpaired) electrons. The third-order valence-electron chi connectivity index (χ3n) is 4.00. The summed E-state index contributed by atoms with van der Waals surface area (Å²) in [6.07, 6.45) is 0.152. The fourth-order valence-electron chi connectivity index (χ4n) is 2.65. The standard InChI is InChI=1S/C20H15ClN2O4S2/c21-13-2-1-3-14(7-13)22-19(25)8-15-9-28-20(23-15)29-10-16(24)12-4-5-17-18(6-12)27-11-26-17/h1-7,9H,8,10-11H2,(H,22,25). The Balaban J connectivity index is 1.30. The Kier molecular flexibility index (Phi) is 6.03. The number of thioether (sulfide) groups is 1. The summed E-state index contributed by atoms with van der Waals surface area (Å²) in [6, 6.07) is 12.1. The summed E-state index contributed by atoms with van der Waals surface area (Å²) < 4.78 is 11.3. The van der Waals surface area contributed by atoms with Crippen LogP contribution in [0.4, 0.5) is 5.69 Å². The molecular weight excluding hydrogens is 432 g/mol. The van der Waals surface area contributed by atoms with E-state index in [-0.39, 0.29) is 30.7 Å². The van der Waals surface area contributed by atoms with Crippen molar-refractivity contribution in [1.29, 1.82) is 0 Å². The molecule has 29 heavy (non-hydrogen) atoms. The van der Waals surface area contributed by atoms with Crippen molar-refractivity contribution < 1.29 is 19.1 Å². The topological polar surface area (TPSA) is 77.5 Å². The highest BCUT2D eigenvalue weighted by Gasteiger charge is 2.17. The van der Waals surface area contributed by atoms with Crippen LogP contribution in [-0.4, -0.2) is 29.2 Å². The molecule has 0 saturated carbocycles. The van der Waals surface area contributed by atoms with Crippen molar-refractivity contribution >= 4 is 52.1 Å². The van der Waals surface area contributed by atoms with Gasteiger partial charge in [-0.15, -0.1) is 11.3 Å². The first-order chi connectivity index (χ1) is 14.1. The van der Waals surface area contributed by atoms with Crippen molar-refractivity contribution in [3.63, 3.8) is 0 Å². The second-order valence-electron chi connectivity index (χ2n) is 6.12. The summed E-state index contributed by atoms with van der Waals surface area (Å²) in [4.78, 5) is 29.0. The van der Waals surface area contributed by atoms with Crippen molar-refractivity contribution in [3.8, 4) is 11.5 Å². The van der Waals surface area contributed by atoms with E-state index >= 15 is 0 Å². The molecule has 0 unspecified atom stereocenters. The zero-order chi connectivity index (χ0) is 20.2. The van der Waals surface area contributed by atoms with Gasteiger partial charge in [0.05, 0.1) is 17.9 Å². The maximum Gasteiger partial charge on any atom is 0.231 e. The van der Waals surface area contributed by atoms with Gasteiger partial charge in [0.15, 0.2) is 21.6 Å². The summed E-state index contributed by atoms with van der Waals surface area (Å²) in [5.74, 6) is 1.29. The van der Waals surface area contributed by atoms with Gasteiger partial charge in [-0.05, 0) is 36.4 Å². The number of rotatable bonds is 7. The quantitative estimate of drug-likeness (QED) is 0.419. The van der Waals surface area contributed by atoms with Crippen LogP contribution in [0, 0.1) is 0 Å². The van der Waals surface area contributed by atoms with E-state index in [9.17, 15) is 9.59 Å². The number of carbonyl (C=O) groups is 2. The predicted octanol–water partition coefficient (Wildman–Crippen LogP) is 4.68. The van der Waals surface area contributed by atoms with Gasteiger partial charge < -0.3 is 14.8 Å². The number of nitrogens with zero attached hydrogens (tertiary/aromatic N) is 1. The number of ether oxygens (including phenoxy) is 2. The molecule has 0 saturated heterocycles. The van der Waals surface area contributed by atoms with Gasteiger partial charge >= 0.3 is 0 Å². The van der Waals surface area contributed by atoms with E-state index in [4.69, 9.17) is 21.1 Å². The molecule has 1 amide bonds. The number of halogens is 1. The van der Waals surface area contributed by atoms with Gasteiger partial charge in [-0.1, -0.05) is 29.4 Å². The molecule has 0 spiro atoms. The lowest BCUT2D eigenvalue weighted by Gasteiger charge is -2.04. The Morgan fingerprint density at radius 3 is 2.90 bits per heavy atom. The molecule has 1 aromatic heterocycles. The van der Waals surface area contributed by atoms with Crippen LogP contribution in [0.25, 0.3) is 0 Å². The number of anilines is 1. The second kappa shape index (κ2) is 8.86. The number of hydrogen-bond acceptors (Lipinski definition) is 7. The fourth-order valence-corrected chi connectivity index (χ4v) is 4.58. The largest absolute Gasteiger partial charge is 0.454 e. The SMILES string of the molecule is O=C(Cc1csc(SCC(=O)c2ccc3c(c2)OCO3)n1)Nc1cccc(Cl)c1. The Morgan fingerprint density at radius 2 is 2.03 bits per heavy atom. The van der Waals surface area contributed by atoms with Crippen LogP contribution in [0.2, 0.25) is 5.02 Å². The van der Waals surface area contributed by atoms with Gasteiger partial charge in [0.2, 0.25) is 12.7 Å². The molecule has 0 bridgehead atoms. The average Bonchev–Trinajstić information content (AvgIpc) is 3.34. The van der Waals surface area contributed by atoms with E-state index in [1.54, 1.807) is 42.5 Å². The maximum atomic E-state index is 12.4. The van der Waals surface area contributed by atoms with Crippen molar-refractivity contribution in [1.82, 2.24) is 4.98 Å². The lowest BCUT2D eigenvalue weighted by Crippen LogP contribution is -2.14. The summed E-state index contributed by atoms with van der Waals surface area (Å²) in [5, 5.41) is 5.17. The third-order valence-corrected chi connectivity index (χ3v) is 6.31. The third kappa shape index (κ3) is 5.09. The molecule has 9 heteroatoms. The molecule has 1 aliphatic heterocycles. The number of Topliss-reactive ketones (excluding diaryl/α,β-unsaturated/α-hetero) is 1. The molecule has 3 aromatic rings. The van der Waals surface area contributed by atoms with Crippen LogP contribution in [0.15, 0.2) is 52.2 Å². The molecular formula is C20H15ClN2O4S2. The molecule has 4 rings (SSSR count). The lowest BCUT2D eigenvalue weighted by molar-refractivity contribution is -0.115. The van der Waals surface area contributed by atoms with E-state index in [0.29, 0.717) is 33.5 Å². The van der Waals surface area contributed by atoms with Gasteiger partial charge in [0.25, 0.3) is 0 Å². The number of hydrogen-bond donors (Lipinski definition) is 1. The van der Waals surface area contributed by atoms with Crippen LogP contribution < -0.4 is 14.8 Å². The highest BCUT2D eigenvalue weighted by molar-refractivity contribution is 8.01. The summed E-state index contributed by atoms with van der Waals surface area (Å²) in [6.45, 7) is 0.175. The van der Waals surface area contributed by atoms with Crippen LogP contribution in [0.3, 0.4) is 0 Å². The number of thiazole rings is 1. The number of nitrogens with one attached hydrogen (secondary N) is 1. The molecule has 2 aromatic carbocycles. The van der Waals surface area contributed by atoms with Crippen molar-refractivity contribution in [3.05, 3.63) is 64.1 Å². The fraction of sp³-hybridized carbons (Fsp3) is 0.150. The summed E-state index contributed by atoms with van der Waals surface area (Å²) >= 11 is 8.68. The number of aromatic nitrogens is 1. The Morgan fingerprint density at radius 1 is 1.17 bits per heavy atom. The number of benzene rings is 2. The first kappa shape index (κ1) is 19.8. The second-order valence-corrected chi connectivity index (χ2v) is 8.64. The Bertz CT molecular complexity index is 1070. The first-order valence-corrected chi connectivity index (χ1v) is 10.9. The van der Waals surface area contributed by atoms with E-state index < -0.39 is 0 Å². The number of fused-ring (bicyclic) bond motifs is 1. The van der Waals surface area contributed by atoms with Gasteiger partial charge in [-0.25, -0.2) is 4.98 Å². The van der Waals surface area contributed by atoms with E-state index in [0.717, 1.165) is 4.34 Å². The minimum atomic E-state index is -0.175. The van der Waals surface area contributed by atoms with Crippen LogP contribution in [-0.2, 0) is 11.2 Å². The number of ketones is 1. The molecule has 2 heterocycles. The molecule has 0 fully saturated rings. The lowest BCUT2D eigenvalue weighted by atomic mass is 10.1. The van der Waals surface area contributed by atoms with Crippen molar-refractivity contribution in [2.45, 2.75) is 10.8 Å². The minimum absolute atomic E-state index is 0.0243. The van der Waals surface area contributed by atoms with E-state index in [2.05, 4.69) is 10.3 Å². The normalized spacial score (nSPS) is 12.0. The van der Waals surface area contributed by atoms with Crippen molar-refractivity contribution in [2.24, 2.45) is 0 Å². The highest BCUT2D eigenvalue weighted by Crippen LogP contribution is 2.33. The molecule has 148 valence electrons. The van der Waals surface area contributed by atoms with Gasteiger partial charge in [-0.3, -0.25) is 9.59 Å². The zero-order valence-electron chi connectivity index (χ0n) is 15.0. The molecule has 0 atom stereocenters. The summed E-state index contributed by atoms with van der Waals surface area (Å²) in [7, 11) is 0. The number of carbonyl (C=O) groups excluding carboxylic acids is 2. The highest BCUT2D eigenvalue weighted by atomic mass is 35.5. The smallest absolute Gasteiger partial charge is 0.231 e. The van der Waals surface area contributed by atoms with Gasteiger partial charge in [-0.2, -0.15) is 0 Å². The Labute approximate surface area is 180 Å². The first-order valence-electron chi connectivity index (χ1n) is 8.62. The molecule has 0 aliphatic carbocycles. The maximum absolute atomic E-state index is 12.4. The molecule has 1 N–H and O–H groups in total. The van der Waals surface area contributed by atoms with Crippen LogP contribution >= 0.6 is 34.7 Å². The van der Waals surface area contributed by atoms with E-state index in [1.807, 2.05) is 5.38 Å². The predicted molar refractivity (Wildman–Crippen MR) is 114 cm³/mol. The van der Waals surface area contributed by atoms with Gasteiger partial charge in [0, 0.05) is 21.7 Å². The minimum Gasteiger partial charge on any atom is -0.454 e. The average molecular weight is 447 g/mol. The van der Waals surface area contributed by atoms with Gasteiger partial charge in [0.1, 0.15) is 0 Å². The molecule has 1 aliphatic rings. The monoisotopic (exact) mass is 446 g/mol. The number of amides is 1. The van der Waals surface area contributed by atoms with Crippen LogP contribution in [0.1, 0.15) is 16.1 Å². The summed E-state index contributed by atoms with van der Waals surface area (Å²) in [5.41, 5.74) is 1.87. The zero-order valence-corrected chi connectivity index (χ0v) is 17.4. The van der Waals surface area contributed by atoms with Crippen molar-refractivity contribution in [2.75, 3.05) is 17.9 Å². The Hall–Kier alpha value is -2.55. The van der Waals surface area contributed by atoms with E-state index in [1.165, 1.54) is 23.1 Å².